The number of rotatable bonds is 15. The van der Waals surface area contributed by atoms with Crippen LogP contribution in [-0.2, 0) is 28.7 Å². The Labute approximate surface area is 265 Å². The number of amides is 3. The first kappa shape index (κ1) is 33.2. The van der Waals surface area contributed by atoms with E-state index in [1.165, 1.54) is 9.80 Å². The van der Waals surface area contributed by atoms with E-state index in [-0.39, 0.29) is 49.3 Å². The van der Waals surface area contributed by atoms with Gasteiger partial charge in [0.05, 0.1) is 35.2 Å². The first-order chi connectivity index (χ1) is 20.6. The molecule has 43 heavy (non-hydrogen) atoms. The lowest BCUT2D eigenvalue weighted by Crippen LogP contribution is -2.57. The second-order valence-corrected chi connectivity index (χ2v) is 12.8. The number of nitrogens with one attached hydrogen (secondary N) is 1. The van der Waals surface area contributed by atoms with Crippen molar-refractivity contribution in [2.75, 3.05) is 31.1 Å². The van der Waals surface area contributed by atoms with Crippen LogP contribution in [0.2, 0.25) is 5.02 Å². The fraction of sp³-hybridized carbons (Fsp3) is 0.548. The molecule has 3 amide bonds. The van der Waals surface area contributed by atoms with Crippen LogP contribution >= 0.6 is 27.5 Å². The number of hydrogen-bond donors (Lipinski definition) is 2. The molecule has 0 aliphatic carbocycles. The number of hydrogen-bond acceptors (Lipinski definition) is 7. The highest BCUT2D eigenvalue weighted by Gasteiger charge is 2.77. The number of benzene rings is 1. The number of carbonyl (C=O) groups is 4. The molecular formula is C31H39BrClN3O7. The molecule has 0 radical (unpaired) electrons. The van der Waals surface area contributed by atoms with Crippen molar-refractivity contribution in [2.45, 2.75) is 67.7 Å². The number of aliphatic hydroxyl groups excluding tert-OH is 1. The van der Waals surface area contributed by atoms with E-state index in [1.807, 2.05) is 0 Å². The van der Waals surface area contributed by atoms with E-state index in [2.05, 4.69) is 34.4 Å². The zero-order chi connectivity index (χ0) is 31.3. The Kier molecular flexibility index (Phi) is 11.1. The number of allylic oxidation sites excluding steroid dienone is 1. The molecule has 1 unspecified atom stereocenters. The molecule has 2 N–H and O–H groups in total. The maximum absolute atomic E-state index is 14.5. The number of unbranched alkanes of at least 4 members (excludes halogenated alkanes) is 1. The highest BCUT2D eigenvalue weighted by Crippen LogP contribution is 2.60. The van der Waals surface area contributed by atoms with E-state index in [1.54, 1.807) is 43.3 Å². The van der Waals surface area contributed by atoms with Crippen molar-refractivity contribution in [3.63, 3.8) is 0 Å². The number of carbonyl (C=O) groups excluding carboxylic acids is 4. The SMILES string of the molecule is C=CCCC(=O)NC[C@@H](C)OC(=O)[C@@H]1[C@H]2O[C@@]3(CC2Br)[C@H](C(=O)N(CC=C)c2ccccc2Cl)N(CCCCO)C(=O)[C@@H]13. The predicted molar refractivity (Wildman–Crippen MR) is 166 cm³/mol. The van der Waals surface area contributed by atoms with E-state index in [9.17, 15) is 24.3 Å². The van der Waals surface area contributed by atoms with Crippen LogP contribution in [0.1, 0.15) is 39.0 Å². The van der Waals surface area contributed by atoms with Gasteiger partial charge in [-0.1, -0.05) is 51.8 Å². The van der Waals surface area contributed by atoms with Gasteiger partial charge in [-0.2, -0.15) is 0 Å². The molecule has 1 aromatic carbocycles. The fourth-order valence-corrected chi connectivity index (χ4v) is 7.65. The summed E-state index contributed by atoms with van der Waals surface area (Å²) in [5.41, 5.74) is -0.807. The third-order valence-corrected chi connectivity index (χ3v) is 9.47. The van der Waals surface area contributed by atoms with Gasteiger partial charge in [0.2, 0.25) is 11.8 Å². The number of esters is 1. The Hall–Kier alpha value is -2.73. The highest BCUT2D eigenvalue weighted by molar-refractivity contribution is 9.09. The van der Waals surface area contributed by atoms with Crippen molar-refractivity contribution in [1.82, 2.24) is 10.2 Å². The summed E-state index contributed by atoms with van der Waals surface area (Å²) in [7, 11) is 0. The normalized spacial score (nSPS) is 27.9. The van der Waals surface area contributed by atoms with Crippen LogP contribution in [0.15, 0.2) is 49.6 Å². The molecule has 3 aliphatic rings. The summed E-state index contributed by atoms with van der Waals surface area (Å²) in [6, 6.07) is 5.90. The van der Waals surface area contributed by atoms with E-state index in [0.29, 0.717) is 36.4 Å². The second-order valence-electron chi connectivity index (χ2n) is 11.2. The van der Waals surface area contributed by atoms with Gasteiger partial charge in [0.25, 0.3) is 5.91 Å². The molecule has 3 saturated heterocycles. The summed E-state index contributed by atoms with van der Waals surface area (Å²) in [6.45, 7) is 9.49. The van der Waals surface area contributed by atoms with Crippen molar-refractivity contribution in [3.8, 4) is 0 Å². The molecule has 234 valence electrons. The van der Waals surface area contributed by atoms with Crippen LogP contribution in [0.5, 0.6) is 0 Å². The zero-order valence-electron chi connectivity index (χ0n) is 24.3. The Morgan fingerprint density at radius 3 is 2.72 bits per heavy atom. The minimum atomic E-state index is -1.28. The van der Waals surface area contributed by atoms with Crippen LogP contribution in [-0.4, -0.2) is 88.6 Å². The molecular weight excluding hydrogens is 642 g/mol. The number of fused-ring (bicyclic) bond motifs is 1. The van der Waals surface area contributed by atoms with Crippen molar-refractivity contribution in [1.29, 1.82) is 0 Å². The van der Waals surface area contributed by atoms with Crippen LogP contribution in [0.4, 0.5) is 5.69 Å². The van der Waals surface area contributed by atoms with E-state index >= 15 is 0 Å². The first-order valence-corrected chi connectivity index (χ1v) is 15.9. The van der Waals surface area contributed by atoms with Gasteiger partial charge in [0.1, 0.15) is 17.7 Å². The van der Waals surface area contributed by atoms with Crippen LogP contribution < -0.4 is 10.2 Å². The van der Waals surface area contributed by atoms with Crippen LogP contribution in [0.3, 0.4) is 0 Å². The lowest BCUT2D eigenvalue weighted by molar-refractivity contribution is -0.159. The van der Waals surface area contributed by atoms with Crippen molar-refractivity contribution in [2.24, 2.45) is 11.8 Å². The lowest BCUT2D eigenvalue weighted by Gasteiger charge is -2.37. The summed E-state index contributed by atoms with van der Waals surface area (Å²) in [5, 5.41) is 12.5. The molecule has 1 aromatic rings. The standard InChI is InChI=1S/C31H39BrClN3O7/c1-4-6-13-23(38)34-18-19(3)42-30(41)24-25-28(39)36(15-9-10-16-37)27(31(25)17-20(32)26(24)43-31)29(40)35(14-5-2)22-12-8-7-11-21(22)33/h4-5,7-8,11-12,19-20,24-27,37H,1-2,6,9-10,13-18H2,3H3,(H,34,38)/t19-,20?,24+,25-,26+,27+,31-/m1/s1. The largest absolute Gasteiger partial charge is 0.460 e. The average Bonchev–Trinajstić information content (AvgIpc) is 3.57. The number of nitrogens with zero attached hydrogens (tertiary/aromatic N) is 2. The summed E-state index contributed by atoms with van der Waals surface area (Å²) in [5.74, 6) is -3.43. The summed E-state index contributed by atoms with van der Waals surface area (Å²) in [6.07, 6.45) is 3.96. The summed E-state index contributed by atoms with van der Waals surface area (Å²) in [4.78, 5) is 57.0. The van der Waals surface area contributed by atoms with Gasteiger partial charge in [-0.3, -0.25) is 19.2 Å². The second kappa shape index (κ2) is 14.4. The minimum absolute atomic E-state index is 0.0591. The number of halogens is 2. The predicted octanol–water partition coefficient (Wildman–Crippen LogP) is 3.39. The van der Waals surface area contributed by atoms with Gasteiger partial charge in [0, 0.05) is 30.9 Å². The average molecular weight is 681 g/mol. The van der Waals surface area contributed by atoms with Crippen LogP contribution in [0, 0.1) is 11.8 Å². The Bertz CT molecular complexity index is 1250. The number of ether oxygens (including phenoxy) is 2. The van der Waals surface area contributed by atoms with Gasteiger partial charge in [-0.25, -0.2) is 0 Å². The minimum Gasteiger partial charge on any atom is -0.460 e. The Morgan fingerprint density at radius 2 is 2.05 bits per heavy atom. The first-order valence-electron chi connectivity index (χ1n) is 14.6. The van der Waals surface area contributed by atoms with E-state index in [0.717, 1.165) is 0 Å². The highest BCUT2D eigenvalue weighted by atomic mass is 79.9. The number of alkyl halides is 1. The van der Waals surface area contributed by atoms with Crippen molar-refractivity contribution >= 4 is 56.9 Å². The Balaban J connectivity index is 1.64. The quantitative estimate of drug-likeness (QED) is 0.126. The molecule has 3 heterocycles. The van der Waals surface area contributed by atoms with Gasteiger partial charge in [0.15, 0.2) is 0 Å². The maximum atomic E-state index is 14.5. The molecule has 7 atom stereocenters. The summed E-state index contributed by atoms with van der Waals surface area (Å²) < 4.78 is 12.3. The zero-order valence-corrected chi connectivity index (χ0v) is 26.6. The number of anilines is 1. The molecule has 0 aromatic heterocycles. The fourth-order valence-electron chi connectivity index (χ4n) is 6.46. The Morgan fingerprint density at radius 1 is 1.30 bits per heavy atom. The monoisotopic (exact) mass is 679 g/mol. The van der Waals surface area contributed by atoms with Gasteiger partial charge < -0.3 is 29.7 Å². The smallest absolute Gasteiger partial charge is 0.312 e. The summed E-state index contributed by atoms with van der Waals surface area (Å²) >= 11 is 10.2. The number of para-hydroxylation sites is 1. The third-order valence-electron chi connectivity index (χ3n) is 8.30. The van der Waals surface area contributed by atoms with Gasteiger partial charge in [-0.15, -0.1) is 13.2 Å². The van der Waals surface area contributed by atoms with E-state index < -0.39 is 47.6 Å². The topological polar surface area (TPSA) is 125 Å². The molecule has 3 fully saturated rings. The third kappa shape index (κ3) is 6.55. The molecule has 0 saturated carbocycles. The van der Waals surface area contributed by atoms with Crippen molar-refractivity contribution < 1.29 is 33.8 Å². The lowest BCUT2D eigenvalue weighted by atomic mass is 9.70. The number of aliphatic hydroxyl groups is 1. The maximum Gasteiger partial charge on any atom is 0.312 e. The van der Waals surface area contributed by atoms with Gasteiger partial charge in [-0.05, 0) is 44.7 Å². The van der Waals surface area contributed by atoms with E-state index in [4.69, 9.17) is 21.1 Å². The van der Waals surface area contributed by atoms with Crippen LogP contribution in [0.25, 0.3) is 0 Å². The molecule has 10 nitrogen and oxygen atoms in total. The van der Waals surface area contributed by atoms with Crippen molar-refractivity contribution in [3.05, 3.63) is 54.6 Å². The molecule has 12 heteroatoms. The molecule has 1 spiro atoms. The molecule has 4 rings (SSSR count). The number of likely N-dealkylation sites (tertiary alicyclic amines) is 1. The van der Waals surface area contributed by atoms with Gasteiger partial charge >= 0.3 is 5.97 Å². The molecule has 3 aliphatic heterocycles. The molecule has 2 bridgehead atoms.